The molecule has 0 fully saturated rings. The highest BCUT2D eigenvalue weighted by Crippen LogP contribution is 2.16. The number of aromatic nitrogens is 4. The molecular formula is C7H6FN5. The lowest BCUT2D eigenvalue weighted by molar-refractivity contribution is 0.625. The fraction of sp³-hybridized carbons (Fsp3) is 0. The van der Waals surface area contributed by atoms with E-state index in [4.69, 9.17) is 5.73 Å². The van der Waals surface area contributed by atoms with Crippen molar-refractivity contribution in [2.45, 2.75) is 0 Å². The number of rotatable bonds is 1. The lowest BCUT2D eigenvalue weighted by Gasteiger charge is -2.02. The molecule has 1 heterocycles. The molecule has 0 aliphatic heterocycles. The summed E-state index contributed by atoms with van der Waals surface area (Å²) in [6, 6.07) is 4.02. The Morgan fingerprint density at radius 3 is 2.92 bits per heavy atom. The fourth-order valence-electron chi connectivity index (χ4n) is 0.987. The van der Waals surface area contributed by atoms with E-state index >= 15 is 0 Å². The first-order valence-electron chi connectivity index (χ1n) is 3.56. The highest BCUT2D eigenvalue weighted by atomic mass is 19.1. The van der Waals surface area contributed by atoms with E-state index in [0.29, 0.717) is 11.4 Å². The maximum atomic E-state index is 12.8. The summed E-state index contributed by atoms with van der Waals surface area (Å²) in [5, 5.41) is 10.4. The third kappa shape index (κ3) is 1.33. The molecule has 0 saturated heterocycles. The minimum atomic E-state index is -0.375. The molecule has 66 valence electrons. The average Bonchev–Trinajstić information content (AvgIpc) is 2.61. The Bertz CT molecular complexity index is 411. The molecule has 0 bridgehead atoms. The van der Waals surface area contributed by atoms with Gasteiger partial charge in [0.25, 0.3) is 0 Å². The molecule has 0 aliphatic rings. The maximum absolute atomic E-state index is 12.8. The van der Waals surface area contributed by atoms with Gasteiger partial charge in [0.1, 0.15) is 12.1 Å². The molecule has 6 heteroatoms. The number of hydrogen-bond acceptors (Lipinski definition) is 4. The summed E-state index contributed by atoms with van der Waals surface area (Å²) in [5.41, 5.74) is 6.46. The second-order valence-electron chi connectivity index (χ2n) is 2.46. The zero-order valence-electron chi connectivity index (χ0n) is 6.55. The second-order valence-corrected chi connectivity index (χ2v) is 2.46. The number of nitrogens with zero attached hydrogens (tertiary/aromatic N) is 4. The third-order valence-corrected chi connectivity index (χ3v) is 1.59. The highest BCUT2D eigenvalue weighted by molar-refractivity contribution is 5.56. The van der Waals surface area contributed by atoms with Crippen molar-refractivity contribution in [1.29, 1.82) is 0 Å². The summed E-state index contributed by atoms with van der Waals surface area (Å²) >= 11 is 0. The second kappa shape index (κ2) is 2.81. The van der Waals surface area contributed by atoms with E-state index in [9.17, 15) is 4.39 Å². The van der Waals surface area contributed by atoms with E-state index in [-0.39, 0.29) is 5.82 Å². The van der Waals surface area contributed by atoms with E-state index in [2.05, 4.69) is 15.5 Å². The van der Waals surface area contributed by atoms with Gasteiger partial charge in [-0.3, -0.25) is 0 Å². The van der Waals surface area contributed by atoms with Gasteiger partial charge >= 0.3 is 0 Å². The molecule has 0 amide bonds. The normalized spacial score (nSPS) is 10.2. The Hall–Kier alpha value is -1.98. The van der Waals surface area contributed by atoms with Gasteiger partial charge in [-0.2, -0.15) is 4.68 Å². The highest BCUT2D eigenvalue weighted by Gasteiger charge is 2.03. The summed E-state index contributed by atoms with van der Waals surface area (Å²) < 4.78 is 14.1. The largest absolute Gasteiger partial charge is 0.397 e. The predicted octanol–water partition coefficient (Wildman–Crippen LogP) is 0.384. The van der Waals surface area contributed by atoms with Crippen molar-refractivity contribution in [2.75, 3.05) is 5.73 Å². The summed E-state index contributed by atoms with van der Waals surface area (Å²) in [6.07, 6.45) is 1.35. The summed E-state index contributed by atoms with van der Waals surface area (Å²) in [7, 11) is 0. The molecule has 0 saturated carbocycles. The van der Waals surface area contributed by atoms with Crippen LogP contribution in [0.3, 0.4) is 0 Å². The number of nitrogens with two attached hydrogens (primary N) is 1. The Balaban J connectivity index is 2.57. The van der Waals surface area contributed by atoms with E-state index < -0.39 is 0 Å². The van der Waals surface area contributed by atoms with Crippen LogP contribution in [-0.4, -0.2) is 20.2 Å². The molecule has 0 unspecified atom stereocenters. The number of tetrazole rings is 1. The first kappa shape index (κ1) is 7.66. The molecule has 0 radical (unpaired) electrons. The molecule has 2 N–H and O–H groups in total. The summed E-state index contributed by atoms with van der Waals surface area (Å²) in [5.74, 6) is -0.375. The lowest BCUT2D eigenvalue weighted by Crippen LogP contribution is -2.01. The molecule has 0 spiro atoms. The zero-order chi connectivity index (χ0) is 9.26. The number of hydrogen-bond donors (Lipinski definition) is 1. The van der Waals surface area contributed by atoms with Crippen LogP contribution in [0.1, 0.15) is 0 Å². The molecule has 0 aliphatic carbocycles. The standard InChI is InChI=1S/C7H6FN5/c8-5-1-2-6(9)7(3-5)13-4-10-11-12-13/h1-4H,9H2. The Morgan fingerprint density at radius 1 is 1.38 bits per heavy atom. The first-order valence-corrected chi connectivity index (χ1v) is 3.56. The Labute approximate surface area is 73.0 Å². The zero-order valence-corrected chi connectivity index (χ0v) is 6.55. The van der Waals surface area contributed by atoms with Crippen LogP contribution < -0.4 is 5.73 Å². The van der Waals surface area contributed by atoms with Gasteiger partial charge in [0.2, 0.25) is 0 Å². The van der Waals surface area contributed by atoms with Crippen molar-refractivity contribution in [3.63, 3.8) is 0 Å². The summed E-state index contributed by atoms with van der Waals surface area (Å²) in [4.78, 5) is 0. The van der Waals surface area contributed by atoms with Crippen LogP contribution in [0.2, 0.25) is 0 Å². The minimum Gasteiger partial charge on any atom is -0.397 e. The quantitative estimate of drug-likeness (QED) is 0.642. The van der Waals surface area contributed by atoms with Crippen molar-refractivity contribution in [3.05, 3.63) is 30.3 Å². The SMILES string of the molecule is Nc1ccc(F)cc1-n1cnnn1. The smallest absolute Gasteiger partial charge is 0.143 e. The molecule has 1 aromatic carbocycles. The third-order valence-electron chi connectivity index (χ3n) is 1.59. The van der Waals surface area contributed by atoms with Gasteiger partial charge in [0.15, 0.2) is 0 Å². The topological polar surface area (TPSA) is 69.6 Å². The first-order chi connectivity index (χ1) is 6.27. The van der Waals surface area contributed by atoms with Crippen LogP contribution in [0.15, 0.2) is 24.5 Å². The molecular weight excluding hydrogens is 173 g/mol. The van der Waals surface area contributed by atoms with Crippen LogP contribution >= 0.6 is 0 Å². The van der Waals surface area contributed by atoms with Crippen molar-refractivity contribution >= 4 is 5.69 Å². The molecule has 2 aromatic rings. The van der Waals surface area contributed by atoms with Gasteiger partial charge in [-0.1, -0.05) is 0 Å². The van der Waals surface area contributed by atoms with Gasteiger partial charge in [-0.15, -0.1) is 5.10 Å². The number of nitrogen functional groups attached to an aromatic ring is 1. The van der Waals surface area contributed by atoms with E-state index in [1.165, 1.54) is 29.2 Å². The van der Waals surface area contributed by atoms with Gasteiger partial charge in [-0.25, -0.2) is 4.39 Å². The van der Waals surface area contributed by atoms with Crippen LogP contribution in [-0.2, 0) is 0 Å². The Morgan fingerprint density at radius 2 is 2.23 bits per heavy atom. The van der Waals surface area contributed by atoms with E-state index in [1.54, 1.807) is 0 Å². The minimum absolute atomic E-state index is 0.375. The van der Waals surface area contributed by atoms with Crippen molar-refractivity contribution < 1.29 is 4.39 Å². The van der Waals surface area contributed by atoms with Crippen molar-refractivity contribution in [2.24, 2.45) is 0 Å². The van der Waals surface area contributed by atoms with E-state index in [1.807, 2.05) is 0 Å². The fourth-order valence-corrected chi connectivity index (χ4v) is 0.987. The number of benzene rings is 1. The van der Waals surface area contributed by atoms with Gasteiger partial charge in [-0.05, 0) is 22.6 Å². The molecule has 1 aromatic heterocycles. The van der Waals surface area contributed by atoms with Crippen LogP contribution in [0, 0.1) is 5.82 Å². The van der Waals surface area contributed by atoms with Gasteiger partial charge in [0, 0.05) is 6.07 Å². The Kier molecular flexibility index (Phi) is 1.66. The molecule has 5 nitrogen and oxygen atoms in total. The van der Waals surface area contributed by atoms with Gasteiger partial charge < -0.3 is 5.73 Å². The average molecular weight is 179 g/mol. The molecule has 2 rings (SSSR count). The maximum Gasteiger partial charge on any atom is 0.143 e. The molecule has 13 heavy (non-hydrogen) atoms. The number of anilines is 1. The van der Waals surface area contributed by atoms with Crippen LogP contribution in [0.4, 0.5) is 10.1 Å². The monoisotopic (exact) mass is 179 g/mol. The molecule has 0 atom stereocenters. The van der Waals surface area contributed by atoms with Gasteiger partial charge in [0.05, 0.1) is 11.4 Å². The van der Waals surface area contributed by atoms with Crippen LogP contribution in [0.25, 0.3) is 5.69 Å². The van der Waals surface area contributed by atoms with Crippen molar-refractivity contribution in [3.8, 4) is 5.69 Å². The van der Waals surface area contributed by atoms with Crippen LogP contribution in [0.5, 0.6) is 0 Å². The number of halogens is 1. The lowest BCUT2D eigenvalue weighted by atomic mass is 10.2. The summed E-state index contributed by atoms with van der Waals surface area (Å²) in [6.45, 7) is 0. The van der Waals surface area contributed by atoms with E-state index in [0.717, 1.165) is 0 Å². The van der Waals surface area contributed by atoms with Crippen molar-refractivity contribution in [1.82, 2.24) is 20.2 Å². The predicted molar refractivity (Wildman–Crippen MR) is 43.5 cm³/mol.